The standard InChI is InChI=1S/C30H38N4O4/c1-21-18-34(22(2)20-35)30(37)26-15-24(13-12-23-9-5-4-6-10-23)17-32-29(26)38-27(21)19-33(3)28(36)16-25-11-7-8-14-31-25/h7-8,11,14-15,17,21-23,27,35H,4-6,9-10,16,18-20H2,1-3H3/t21-,22-,27-/m0/s1. The smallest absolute Gasteiger partial charge is 0.259 e. The van der Waals surface area contributed by atoms with E-state index >= 15 is 0 Å². The number of aliphatic hydroxyl groups excluding tert-OH is 1. The molecule has 1 fully saturated rings. The van der Waals surface area contributed by atoms with Gasteiger partial charge < -0.3 is 19.6 Å². The molecule has 1 saturated carbocycles. The molecule has 202 valence electrons. The van der Waals surface area contributed by atoms with Gasteiger partial charge in [0.2, 0.25) is 11.8 Å². The number of hydrogen-bond acceptors (Lipinski definition) is 6. The predicted octanol–water partition coefficient (Wildman–Crippen LogP) is 3.33. The van der Waals surface area contributed by atoms with E-state index in [2.05, 4.69) is 21.8 Å². The predicted molar refractivity (Wildman–Crippen MR) is 144 cm³/mol. The quantitative estimate of drug-likeness (QED) is 0.590. The van der Waals surface area contributed by atoms with Crippen molar-refractivity contribution in [3.8, 4) is 17.7 Å². The van der Waals surface area contributed by atoms with Crippen molar-refractivity contribution in [2.75, 3.05) is 26.7 Å². The van der Waals surface area contributed by atoms with Crippen molar-refractivity contribution in [2.45, 2.75) is 64.5 Å². The van der Waals surface area contributed by atoms with Gasteiger partial charge in [0.1, 0.15) is 11.7 Å². The Kier molecular flexibility index (Phi) is 9.35. The number of carbonyl (C=O) groups excluding carboxylic acids is 2. The summed E-state index contributed by atoms with van der Waals surface area (Å²) in [5.74, 6) is 6.78. The van der Waals surface area contributed by atoms with Gasteiger partial charge in [0.25, 0.3) is 5.91 Å². The molecule has 0 unspecified atom stereocenters. The molecule has 38 heavy (non-hydrogen) atoms. The molecular formula is C30H38N4O4. The minimum atomic E-state index is -0.403. The van der Waals surface area contributed by atoms with E-state index < -0.39 is 6.10 Å². The second-order valence-corrected chi connectivity index (χ2v) is 10.6. The molecule has 0 saturated heterocycles. The van der Waals surface area contributed by atoms with E-state index in [9.17, 15) is 14.7 Å². The molecule has 4 rings (SSSR count). The third-order valence-electron chi connectivity index (χ3n) is 7.48. The summed E-state index contributed by atoms with van der Waals surface area (Å²) in [6, 6.07) is 6.88. The molecule has 1 aliphatic heterocycles. The maximum atomic E-state index is 13.6. The van der Waals surface area contributed by atoms with Crippen molar-refractivity contribution in [3.05, 3.63) is 53.5 Å². The third-order valence-corrected chi connectivity index (χ3v) is 7.48. The molecule has 0 spiro atoms. The molecule has 1 aliphatic carbocycles. The van der Waals surface area contributed by atoms with Crippen molar-refractivity contribution in [2.24, 2.45) is 11.8 Å². The first-order chi connectivity index (χ1) is 18.4. The van der Waals surface area contributed by atoms with Gasteiger partial charge in [-0.1, -0.05) is 44.1 Å². The third kappa shape index (κ3) is 6.90. The van der Waals surface area contributed by atoms with Crippen molar-refractivity contribution < 1.29 is 19.4 Å². The molecule has 2 amide bonds. The molecule has 0 bridgehead atoms. The highest BCUT2D eigenvalue weighted by Gasteiger charge is 2.34. The van der Waals surface area contributed by atoms with Crippen LogP contribution in [0.15, 0.2) is 36.7 Å². The molecule has 2 aromatic heterocycles. The number of aromatic nitrogens is 2. The summed E-state index contributed by atoms with van der Waals surface area (Å²) in [5.41, 5.74) is 1.72. The molecule has 2 aliphatic rings. The van der Waals surface area contributed by atoms with Gasteiger partial charge in [-0.3, -0.25) is 14.6 Å². The topological polar surface area (TPSA) is 95.9 Å². The van der Waals surface area contributed by atoms with E-state index in [0.29, 0.717) is 35.8 Å². The summed E-state index contributed by atoms with van der Waals surface area (Å²) in [5, 5.41) is 9.89. The number of carbonyl (C=O) groups is 2. The SMILES string of the molecule is C[C@H]1CN([C@@H](C)CO)C(=O)c2cc(C#CC3CCCCC3)cnc2O[C@H]1CN(C)C(=O)Cc1ccccn1. The number of fused-ring (bicyclic) bond motifs is 1. The normalized spacial score (nSPS) is 20.7. The van der Waals surface area contributed by atoms with Crippen LogP contribution in [0.3, 0.4) is 0 Å². The van der Waals surface area contributed by atoms with Crippen LogP contribution in [0.5, 0.6) is 5.88 Å². The number of nitrogens with zero attached hydrogens (tertiary/aromatic N) is 4. The lowest BCUT2D eigenvalue weighted by atomic mass is 9.90. The summed E-state index contributed by atoms with van der Waals surface area (Å²) in [7, 11) is 1.75. The van der Waals surface area contributed by atoms with Gasteiger partial charge in [0.15, 0.2) is 0 Å². The van der Waals surface area contributed by atoms with Crippen LogP contribution >= 0.6 is 0 Å². The van der Waals surface area contributed by atoms with Crippen LogP contribution < -0.4 is 4.74 Å². The first-order valence-corrected chi connectivity index (χ1v) is 13.6. The second-order valence-electron chi connectivity index (χ2n) is 10.6. The number of aliphatic hydroxyl groups is 1. The van der Waals surface area contributed by atoms with Crippen LogP contribution in [0.2, 0.25) is 0 Å². The minimum absolute atomic E-state index is 0.0697. The lowest BCUT2D eigenvalue weighted by Gasteiger charge is -2.37. The van der Waals surface area contributed by atoms with E-state index in [1.165, 1.54) is 19.3 Å². The van der Waals surface area contributed by atoms with Crippen LogP contribution in [0, 0.1) is 23.7 Å². The fourth-order valence-electron chi connectivity index (χ4n) is 4.99. The monoisotopic (exact) mass is 518 g/mol. The van der Waals surface area contributed by atoms with Crippen LogP contribution in [-0.2, 0) is 11.2 Å². The number of rotatable bonds is 6. The van der Waals surface area contributed by atoms with E-state index in [1.807, 2.05) is 32.0 Å². The molecular weight excluding hydrogens is 480 g/mol. The maximum absolute atomic E-state index is 13.6. The van der Waals surface area contributed by atoms with E-state index in [1.54, 1.807) is 35.3 Å². The molecule has 8 heteroatoms. The molecule has 3 atom stereocenters. The number of pyridine rings is 2. The molecule has 3 heterocycles. The first kappa shape index (κ1) is 27.6. The summed E-state index contributed by atoms with van der Waals surface area (Å²) >= 11 is 0. The van der Waals surface area contributed by atoms with E-state index in [-0.39, 0.29) is 42.7 Å². The average Bonchev–Trinajstić information content (AvgIpc) is 2.94. The van der Waals surface area contributed by atoms with Crippen molar-refractivity contribution in [3.63, 3.8) is 0 Å². The number of likely N-dealkylation sites (N-methyl/N-ethyl adjacent to an activating group) is 1. The summed E-state index contributed by atoms with van der Waals surface area (Å²) in [4.78, 5) is 38.6. The summed E-state index contributed by atoms with van der Waals surface area (Å²) in [6.07, 6.45) is 9.03. The van der Waals surface area contributed by atoms with E-state index in [0.717, 1.165) is 12.8 Å². The van der Waals surface area contributed by atoms with Gasteiger partial charge in [-0.25, -0.2) is 4.98 Å². The van der Waals surface area contributed by atoms with Crippen molar-refractivity contribution in [1.82, 2.24) is 19.8 Å². The van der Waals surface area contributed by atoms with E-state index in [4.69, 9.17) is 4.74 Å². The zero-order chi connectivity index (χ0) is 27.1. The van der Waals surface area contributed by atoms with Gasteiger partial charge in [0.05, 0.1) is 25.6 Å². The first-order valence-electron chi connectivity index (χ1n) is 13.6. The Labute approximate surface area is 225 Å². The molecule has 8 nitrogen and oxygen atoms in total. The Morgan fingerprint density at radius 2 is 2.05 bits per heavy atom. The minimum Gasteiger partial charge on any atom is -0.472 e. The molecule has 0 aromatic carbocycles. The Morgan fingerprint density at radius 1 is 1.26 bits per heavy atom. The Morgan fingerprint density at radius 3 is 2.76 bits per heavy atom. The highest BCUT2D eigenvalue weighted by Crippen LogP contribution is 2.28. The Balaban J connectivity index is 1.57. The summed E-state index contributed by atoms with van der Waals surface area (Å²) < 4.78 is 6.32. The Hall–Kier alpha value is -3.44. The lowest BCUT2D eigenvalue weighted by Crippen LogP contribution is -2.50. The zero-order valence-corrected chi connectivity index (χ0v) is 22.6. The van der Waals surface area contributed by atoms with Gasteiger partial charge in [-0.15, -0.1) is 0 Å². The molecule has 2 aromatic rings. The van der Waals surface area contributed by atoms with Gasteiger partial charge in [-0.05, 0) is 38.0 Å². The largest absolute Gasteiger partial charge is 0.472 e. The van der Waals surface area contributed by atoms with Crippen LogP contribution in [0.4, 0.5) is 0 Å². The highest BCUT2D eigenvalue weighted by atomic mass is 16.5. The fraction of sp³-hybridized carbons (Fsp3) is 0.533. The number of ether oxygens (including phenoxy) is 1. The van der Waals surface area contributed by atoms with Gasteiger partial charge >= 0.3 is 0 Å². The number of amides is 2. The second kappa shape index (κ2) is 12.9. The van der Waals surface area contributed by atoms with Gasteiger partial charge in [-0.2, -0.15) is 0 Å². The Bertz CT molecular complexity index is 1170. The fourth-order valence-corrected chi connectivity index (χ4v) is 4.99. The van der Waals surface area contributed by atoms with Crippen LogP contribution in [0.1, 0.15) is 67.6 Å². The average molecular weight is 519 g/mol. The lowest BCUT2D eigenvalue weighted by molar-refractivity contribution is -0.130. The van der Waals surface area contributed by atoms with Crippen molar-refractivity contribution >= 4 is 11.8 Å². The maximum Gasteiger partial charge on any atom is 0.259 e. The molecule has 0 radical (unpaired) electrons. The zero-order valence-electron chi connectivity index (χ0n) is 22.6. The van der Waals surface area contributed by atoms with Crippen LogP contribution in [0.25, 0.3) is 0 Å². The van der Waals surface area contributed by atoms with Crippen molar-refractivity contribution in [1.29, 1.82) is 0 Å². The van der Waals surface area contributed by atoms with Crippen LogP contribution in [-0.4, -0.2) is 75.6 Å². The highest BCUT2D eigenvalue weighted by molar-refractivity contribution is 5.97. The molecule has 1 N–H and O–H groups in total. The number of hydrogen-bond donors (Lipinski definition) is 1. The van der Waals surface area contributed by atoms with Gasteiger partial charge in [0, 0.05) is 49.1 Å². The summed E-state index contributed by atoms with van der Waals surface area (Å²) in [6.45, 7) is 4.36.